The fourth-order valence-electron chi connectivity index (χ4n) is 2.41. The van der Waals surface area contributed by atoms with Crippen LogP contribution in [0.3, 0.4) is 0 Å². The third kappa shape index (κ3) is 5.63. The van der Waals surface area contributed by atoms with Crippen LogP contribution in [0, 0.1) is 0 Å². The van der Waals surface area contributed by atoms with Crippen LogP contribution in [0.15, 0.2) is 42.5 Å². The summed E-state index contributed by atoms with van der Waals surface area (Å²) in [5.74, 6) is -0.387. The average molecular weight is 396 g/mol. The van der Waals surface area contributed by atoms with Crippen molar-refractivity contribution in [3.63, 3.8) is 0 Å². The maximum Gasteiger partial charge on any atom is 0.416 e. The number of amides is 1. The van der Waals surface area contributed by atoms with Crippen molar-refractivity contribution in [3.8, 4) is 5.75 Å². The van der Waals surface area contributed by atoms with Gasteiger partial charge in [0.2, 0.25) is 0 Å². The van der Waals surface area contributed by atoms with E-state index in [0.717, 1.165) is 24.4 Å². The second-order valence-corrected chi connectivity index (χ2v) is 6.07. The first kappa shape index (κ1) is 21.6. The molecule has 8 heteroatoms. The van der Waals surface area contributed by atoms with Gasteiger partial charge in [0.1, 0.15) is 12.4 Å². The molecule has 0 aliphatic rings. The highest BCUT2D eigenvalue weighted by Crippen LogP contribution is 2.35. The molecule has 0 bridgehead atoms. The normalized spacial score (nSPS) is 11.2. The smallest absolute Gasteiger partial charge is 0.416 e. The van der Waals surface area contributed by atoms with Crippen LogP contribution < -0.4 is 15.0 Å². The lowest BCUT2D eigenvalue weighted by atomic mass is 10.1. The molecule has 0 atom stereocenters. The number of methoxy groups -OCH3 is 1. The maximum atomic E-state index is 13.0. The van der Waals surface area contributed by atoms with Crippen LogP contribution in [-0.2, 0) is 10.9 Å². The molecule has 28 heavy (non-hydrogen) atoms. The van der Waals surface area contributed by atoms with Crippen molar-refractivity contribution in [2.75, 3.05) is 44.1 Å². The average Bonchev–Trinajstić information content (AvgIpc) is 2.67. The summed E-state index contributed by atoms with van der Waals surface area (Å²) in [6.07, 6.45) is -4.53. The van der Waals surface area contributed by atoms with Crippen molar-refractivity contribution in [3.05, 3.63) is 53.6 Å². The standard InChI is InChI=1S/C20H23F3N2O3/c1-4-25(2)16-8-5-14(6-9-16)19(26)24-17-13-15(20(21,22)23)7-10-18(17)28-12-11-27-3/h5-10,13H,4,11-12H2,1-3H3,(H,24,26). The van der Waals surface area contributed by atoms with Gasteiger partial charge in [-0.05, 0) is 49.4 Å². The Kier molecular flexibility index (Phi) is 7.28. The van der Waals surface area contributed by atoms with Crippen LogP contribution >= 0.6 is 0 Å². The number of nitrogens with zero attached hydrogens (tertiary/aromatic N) is 1. The van der Waals surface area contributed by atoms with Gasteiger partial charge in [-0.3, -0.25) is 4.79 Å². The third-order valence-electron chi connectivity index (χ3n) is 4.14. The van der Waals surface area contributed by atoms with Crippen LogP contribution in [0.2, 0.25) is 0 Å². The molecule has 0 unspecified atom stereocenters. The summed E-state index contributed by atoms with van der Waals surface area (Å²) in [6.45, 7) is 3.21. The van der Waals surface area contributed by atoms with Gasteiger partial charge in [0.15, 0.2) is 0 Å². The number of carbonyl (C=O) groups excluding carboxylic acids is 1. The van der Waals surface area contributed by atoms with E-state index in [1.807, 2.05) is 18.9 Å². The molecule has 0 aromatic heterocycles. The van der Waals surface area contributed by atoms with Crippen molar-refractivity contribution in [1.29, 1.82) is 0 Å². The summed E-state index contributed by atoms with van der Waals surface area (Å²) < 4.78 is 49.4. The van der Waals surface area contributed by atoms with Crippen molar-refractivity contribution in [2.45, 2.75) is 13.1 Å². The Morgan fingerprint density at radius 2 is 1.79 bits per heavy atom. The number of nitrogens with one attached hydrogen (secondary N) is 1. The fraction of sp³-hybridized carbons (Fsp3) is 0.350. The zero-order valence-electron chi connectivity index (χ0n) is 16.0. The molecule has 5 nitrogen and oxygen atoms in total. The lowest BCUT2D eigenvalue weighted by Gasteiger charge is -2.17. The molecular formula is C20H23F3N2O3. The Hall–Kier alpha value is -2.74. The molecule has 1 N–H and O–H groups in total. The lowest BCUT2D eigenvalue weighted by Crippen LogP contribution is -2.17. The molecule has 0 radical (unpaired) electrons. The summed E-state index contributed by atoms with van der Waals surface area (Å²) in [5.41, 5.74) is 0.336. The maximum absolute atomic E-state index is 13.0. The van der Waals surface area contributed by atoms with E-state index in [1.54, 1.807) is 24.3 Å². The van der Waals surface area contributed by atoms with Gasteiger partial charge in [-0.1, -0.05) is 0 Å². The SMILES string of the molecule is CCN(C)c1ccc(C(=O)Nc2cc(C(F)(F)F)ccc2OCCOC)cc1. The van der Waals surface area contributed by atoms with Gasteiger partial charge in [0.25, 0.3) is 5.91 Å². The second-order valence-electron chi connectivity index (χ2n) is 6.07. The highest BCUT2D eigenvalue weighted by Gasteiger charge is 2.31. The van der Waals surface area contributed by atoms with Gasteiger partial charge in [-0.15, -0.1) is 0 Å². The molecule has 1 amide bonds. The van der Waals surface area contributed by atoms with Crippen LogP contribution in [-0.4, -0.2) is 39.8 Å². The quantitative estimate of drug-likeness (QED) is 0.671. The molecule has 0 aliphatic carbocycles. The summed E-state index contributed by atoms with van der Waals surface area (Å²) in [5, 5.41) is 2.51. The monoisotopic (exact) mass is 396 g/mol. The number of carbonyl (C=O) groups is 1. The van der Waals surface area contributed by atoms with E-state index < -0.39 is 17.6 Å². The van der Waals surface area contributed by atoms with Gasteiger partial charge in [0.05, 0.1) is 17.9 Å². The summed E-state index contributed by atoms with van der Waals surface area (Å²) >= 11 is 0. The van der Waals surface area contributed by atoms with E-state index in [0.29, 0.717) is 5.56 Å². The van der Waals surface area contributed by atoms with Gasteiger partial charge in [-0.2, -0.15) is 13.2 Å². The topological polar surface area (TPSA) is 50.8 Å². The van der Waals surface area contributed by atoms with Crippen LogP contribution in [0.1, 0.15) is 22.8 Å². The molecule has 2 rings (SSSR count). The van der Waals surface area contributed by atoms with Crippen LogP contribution in [0.4, 0.5) is 24.5 Å². The Balaban J connectivity index is 2.24. The Labute approximate surface area is 162 Å². The van der Waals surface area contributed by atoms with E-state index in [-0.39, 0.29) is 24.7 Å². The van der Waals surface area contributed by atoms with E-state index in [9.17, 15) is 18.0 Å². The molecule has 152 valence electrons. The number of anilines is 2. The minimum absolute atomic E-state index is 0.0503. The van der Waals surface area contributed by atoms with Crippen molar-refractivity contribution in [1.82, 2.24) is 0 Å². The largest absolute Gasteiger partial charge is 0.489 e. The molecular weight excluding hydrogens is 373 g/mol. The summed E-state index contributed by atoms with van der Waals surface area (Å²) in [6, 6.07) is 9.76. The molecule has 0 heterocycles. The van der Waals surface area contributed by atoms with Crippen LogP contribution in [0.25, 0.3) is 0 Å². The van der Waals surface area contributed by atoms with Crippen molar-refractivity contribution < 1.29 is 27.4 Å². The van der Waals surface area contributed by atoms with E-state index in [2.05, 4.69) is 5.32 Å². The highest BCUT2D eigenvalue weighted by atomic mass is 19.4. The lowest BCUT2D eigenvalue weighted by molar-refractivity contribution is -0.137. The number of benzene rings is 2. The van der Waals surface area contributed by atoms with Gasteiger partial charge >= 0.3 is 6.18 Å². The molecule has 0 fully saturated rings. The van der Waals surface area contributed by atoms with Crippen molar-refractivity contribution >= 4 is 17.3 Å². The van der Waals surface area contributed by atoms with Crippen molar-refractivity contribution in [2.24, 2.45) is 0 Å². The number of hydrogen-bond donors (Lipinski definition) is 1. The van der Waals surface area contributed by atoms with E-state index in [1.165, 1.54) is 13.2 Å². The molecule has 0 aliphatic heterocycles. The third-order valence-corrected chi connectivity index (χ3v) is 4.14. The number of ether oxygens (including phenoxy) is 2. The first-order valence-electron chi connectivity index (χ1n) is 8.71. The number of alkyl halides is 3. The first-order valence-corrected chi connectivity index (χ1v) is 8.71. The molecule has 2 aromatic rings. The van der Waals surface area contributed by atoms with Gasteiger partial charge in [-0.25, -0.2) is 0 Å². The predicted molar refractivity (Wildman–Crippen MR) is 102 cm³/mol. The Morgan fingerprint density at radius 1 is 1.11 bits per heavy atom. The van der Waals surface area contributed by atoms with E-state index in [4.69, 9.17) is 9.47 Å². The number of halogens is 3. The van der Waals surface area contributed by atoms with Crippen LogP contribution in [0.5, 0.6) is 5.75 Å². The minimum atomic E-state index is -4.53. The number of hydrogen-bond acceptors (Lipinski definition) is 4. The first-order chi connectivity index (χ1) is 13.3. The Bertz CT molecular complexity index is 792. The summed E-state index contributed by atoms with van der Waals surface area (Å²) in [7, 11) is 3.40. The second kappa shape index (κ2) is 9.45. The number of rotatable bonds is 8. The van der Waals surface area contributed by atoms with Gasteiger partial charge in [0, 0.05) is 32.0 Å². The van der Waals surface area contributed by atoms with E-state index >= 15 is 0 Å². The molecule has 0 saturated heterocycles. The molecule has 0 saturated carbocycles. The Morgan fingerprint density at radius 3 is 2.36 bits per heavy atom. The predicted octanol–water partition coefficient (Wildman–Crippen LogP) is 4.44. The zero-order chi connectivity index (χ0) is 20.7. The zero-order valence-corrected chi connectivity index (χ0v) is 16.0. The molecule has 2 aromatic carbocycles. The fourth-order valence-corrected chi connectivity index (χ4v) is 2.41. The highest BCUT2D eigenvalue weighted by molar-refractivity contribution is 6.05. The molecule has 0 spiro atoms. The van der Waals surface area contributed by atoms with Gasteiger partial charge < -0.3 is 19.7 Å². The minimum Gasteiger partial charge on any atom is -0.489 e. The summed E-state index contributed by atoms with van der Waals surface area (Å²) in [4.78, 5) is 14.5.